The highest BCUT2D eigenvalue weighted by atomic mass is 16.6. The van der Waals surface area contributed by atoms with Crippen LogP contribution in [0.25, 0.3) is 11.0 Å². The van der Waals surface area contributed by atoms with Gasteiger partial charge in [-0.05, 0) is 50.6 Å². The first-order chi connectivity index (χ1) is 16.4. The van der Waals surface area contributed by atoms with Gasteiger partial charge in [0.25, 0.3) is 5.56 Å². The first-order valence-corrected chi connectivity index (χ1v) is 11.7. The smallest absolute Gasteiger partial charge is 0.252 e. The summed E-state index contributed by atoms with van der Waals surface area (Å²) in [5.41, 5.74) is 3.67. The van der Waals surface area contributed by atoms with E-state index >= 15 is 0 Å². The Balaban J connectivity index is 1.45. The molecule has 0 spiro atoms. The van der Waals surface area contributed by atoms with Crippen molar-refractivity contribution in [1.82, 2.24) is 14.5 Å². The van der Waals surface area contributed by atoms with E-state index in [1.54, 1.807) is 29.8 Å². The number of pyridine rings is 2. The van der Waals surface area contributed by atoms with Crippen LogP contribution in [0.1, 0.15) is 38.1 Å². The van der Waals surface area contributed by atoms with Crippen LogP contribution in [-0.2, 0) is 7.05 Å². The predicted octanol–water partition coefficient (Wildman–Crippen LogP) is 3.24. The zero-order valence-electron chi connectivity index (χ0n) is 20.0. The number of benzene rings is 1. The number of nitriles is 1. The van der Waals surface area contributed by atoms with Crippen LogP contribution in [0.4, 0.5) is 5.69 Å². The molecule has 3 atom stereocenters. The van der Waals surface area contributed by atoms with Crippen LogP contribution < -0.4 is 19.9 Å². The lowest BCUT2D eigenvalue weighted by molar-refractivity contribution is 0.118. The number of rotatable bonds is 3. The van der Waals surface area contributed by atoms with Crippen LogP contribution in [0.15, 0.2) is 41.2 Å². The lowest BCUT2D eigenvalue weighted by Gasteiger charge is -2.47. The van der Waals surface area contributed by atoms with Gasteiger partial charge in [0.2, 0.25) is 0 Å². The number of ether oxygens (including phenoxy) is 2. The minimum atomic E-state index is -0.0825. The van der Waals surface area contributed by atoms with E-state index in [9.17, 15) is 10.1 Å². The second kappa shape index (κ2) is 8.65. The van der Waals surface area contributed by atoms with E-state index in [0.29, 0.717) is 24.4 Å². The Labute approximate surface area is 198 Å². The van der Waals surface area contributed by atoms with E-state index in [0.717, 1.165) is 35.8 Å². The standard InChI is InChI=1S/C26H29N5O3/c1-16-15-31(22-12-25(32)29(4)21-7-6-20(13-27)28-26(21)22)17(2)14-30(16)18(3)19-5-8-23-24(11-19)34-10-9-33-23/h5-8,11-12,16-18H,9-10,14-15H2,1-4H3/t16-,17+,18?/m1/s1. The fraction of sp³-hybridized carbons (Fsp3) is 0.423. The molecule has 34 heavy (non-hydrogen) atoms. The maximum Gasteiger partial charge on any atom is 0.252 e. The Morgan fingerprint density at radius 2 is 1.82 bits per heavy atom. The third-order valence-electron chi connectivity index (χ3n) is 7.07. The first-order valence-electron chi connectivity index (χ1n) is 11.7. The Morgan fingerprint density at radius 1 is 1.06 bits per heavy atom. The Bertz CT molecular complexity index is 1340. The molecule has 5 rings (SSSR count). The van der Waals surface area contributed by atoms with Gasteiger partial charge in [-0.25, -0.2) is 4.98 Å². The van der Waals surface area contributed by atoms with Gasteiger partial charge < -0.3 is 18.9 Å². The van der Waals surface area contributed by atoms with Crippen molar-refractivity contribution in [3.8, 4) is 17.6 Å². The van der Waals surface area contributed by atoms with Crippen LogP contribution in [0.2, 0.25) is 0 Å². The minimum absolute atomic E-state index is 0.0825. The third-order valence-corrected chi connectivity index (χ3v) is 7.07. The average molecular weight is 460 g/mol. The molecule has 0 amide bonds. The van der Waals surface area contributed by atoms with Crippen molar-refractivity contribution in [2.45, 2.75) is 38.9 Å². The Morgan fingerprint density at radius 3 is 2.59 bits per heavy atom. The Hall–Kier alpha value is -3.57. The molecule has 2 aromatic heterocycles. The predicted molar refractivity (Wildman–Crippen MR) is 131 cm³/mol. The van der Waals surface area contributed by atoms with E-state index in [1.807, 2.05) is 6.07 Å². The molecule has 0 saturated carbocycles. The summed E-state index contributed by atoms with van der Waals surface area (Å²) in [6, 6.07) is 14.0. The molecule has 1 unspecified atom stereocenters. The second-order valence-corrected chi connectivity index (χ2v) is 9.23. The van der Waals surface area contributed by atoms with Crippen LogP contribution in [-0.4, -0.2) is 52.8 Å². The lowest BCUT2D eigenvalue weighted by atomic mass is 9.99. The summed E-state index contributed by atoms with van der Waals surface area (Å²) in [5, 5.41) is 9.38. The number of piperazine rings is 1. The van der Waals surface area contributed by atoms with Gasteiger partial charge in [0.1, 0.15) is 30.5 Å². The molecule has 8 nitrogen and oxygen atoms in total. The number of anilines is 1. The van der Waals surface area contributed by atoms with E-state index in [1.165, 1.54) is 5.56 Å². The molecule has 0 bridgehead atoms. The van der Waals surface area contributed by atoms with Gasteiger partial charge in [-0.15, -0.1) is 0 Å². The van der Waals surface area contributed by atoms with Gasteiger partial charge in [-0.3, -0.25) is 9.69 Å². The van der Waals surface area contributed by atoms with Crippen molar-refractivity contribution in [2.24, 2.45) is 7.05 Å². The average Bonchev–Trinajstić information content (AvgIpc) is 2.86. The number of nitrogens with zero attached hydrogens (tertiary/aromatic N) is 5. The maximum atomic E-state index is 12.7. The molecule has 2 aliphatic rings. The van der Waals surface area contributed by atoms with Gasteiger partial charge in [-0.1, -0.05) is 6.07 Å². The second-order valence-electron chi connectivity index (χ2n) is 9.23. The van der Waals surface area contributed by atoms with Gasteiger partial charge in [0, 0.05) is 44.3 Å². The molecule has 1 aromatic carbocycles. The fourth-order valence-electron chi connectivity index (χ4n) is 5.13. The number of hydrogen-bond donors (Lipinski definition) is 0. The molecule has 2 aliphatic heterocycles. The first kappa shape index (κ1) is 22.2. The third kappa shape index (κ3) is 3.76. The molecule has 0 radical (unpaired) electrons. The quantitative estimate of drug-likeness (QED) is 0.595. The summed E-state index contributed by atoms with van der Waals surface area (Å²) < 4.78 is 13.1. The topological polar surface area (TPSA) is 83.6 Å². The molecule has 0 N–H and O–H groups in total. The number of aromatic nitrogens is 2. The van der Waals surface area contributed by atoms with Crippen LogP contribution in [0, 0.1) is 11.3 Å². The highest BCUT2D eigenvalue weighted by Gasteiger charge is 2.34. The van der Waals surface area contributed by atoms with Gasteiger partial charge in [0.05, 0.1) is 11.2 Å². The number of fused-ring (bicyclic) bond motifs is 2. The van der Waals surface area contributed by atoms with Gasteiger partial charge >= 0.3 is 0 Å². The molecule has 8 heteroatoms. The number of hydrogen-bond acceptors (Lipinski definition) is 7. The van der Waals surface area contributed by atoms with Gasteiger partial charge in [0.15, 0.2) is 11.5 Å². The van der Waals surface area contributed by atoms with Crippen LogP contribution in [0.5, 0.6) is 11.5 Å². The van der Waals surface area contributed by atoms with Crippen molar-refractivity contribution in [3.05, 3.63) is 58.0 Å². The minimum Gasteiger partial charge on any atom is -0.486 e. The summed E-state index contributed by atoms with van der Waals surface area (Å²) in [7, 11) is 1.74. The van der Waals surface area contributed by atoms with Gasteiger partial charge in [-0.2, -0.15) is 5.26 Å². The summed E-state index contributed by atoms with van der Waals surface area (Å²) in [6.07, 6.45) is 0. The van der Waals surface area contributed by atoms with Crippen molar-refractivity contribution in [2.75, 3.05) is 31.2 Å². The lowest BCUT2D eigenvalue weighted by Crippen LogP contribution is -2.57. The molecule has 4 heterocycles. The SMILES string of the molecule is CC(c1ccc2c(c1)OCCO2)N1C[C@H](C)N(c2cc(=O)n(C)c3ccc(C#N)nc23)C[C@H]1C. The highest BCUT2D eigenvalue weighted by molar-refractivity contribution is 5.89. The van der Waals surface area contributed by atoms with Crippen LogP contribution >= 0.6 is 0 Å². The molecule has 1 saturated heterocycles. The molecule has 0 aliphatic carbocycles. The summed E-state index contributed by atoms with van der Waals surface area (Å²) in [4.78, 5) is 22.0. The fourth-order valence-corrected chi connectivity index (χ4v) is 5.13. The molecule has 1 fully saturated rings. The molecule has 176 valence electrons. The van der Waals surface area contributed by atoms with Crippen molar-refractivity contribution in [3.63, 3.8) is 0 Å². The molecule has 3 aromatic rings. The number of aryl methyl sites for hydroxylation is 1. The van der Waals surface area contributed by atoms with Crippen molar-refractivity contribution < 1.29 is 9.47 Å². The zero-order chi connectivity index (χ0) is 24.0. The summed E-state index contributed by atoms with van der Waals surface area (Å²) in [5.74, 6) is 1.61. The normalized spacial score (nSPS) is 21.3. The van der Waals surface area contributed by atoms with Crippen molar-refractivity contribution in [1.29, 1.82) is 5.26 Å². The van der Waals surface area contributed by atoms with E-state index < -0.39 is 0 Å². The Kier molecular flexibility index (Phi) is 5.66. The zero-order valence-corrected chi connectivity index (χ0v) is 20.0. The molecular weight excluding hydrogens is 430 g/mol. The van der Waals surface area contributed by atoms with E-state index in [-0.39, 0.29) is 23.7 Å². The monoisotopic (exact) mass is 459 g/mol. The largest absolute Gasteiger partial charge is 0.486 e. The van der Waals surface area contributed by atoms with Crippen molar-refractivity contribution >= 4 is 16.7 Å². The van der Waals surface area contributed by atoms with Crippen LogP contribution in [0.3, 0.4) is 0 Å². The summed E-state index contributed by atoms with van der Waals surface area (Å²) >= 11 is 0. The van der Waals surface area contributed by atoms with E-state index in [2.05, 4.69) is 53.8 Å². The maximum absolute atomic E-state index is 12.7. The highest BCUT2D eigenvalue weighted by Crippen LogP contribution is 2.36. The molecular formula is C26H29N5O3. The summed E-state index contributed by atoms with van der Waals surface area (Å²) in [6.45, 7) is 9.34. The van der Waals surface area contributed by atoms with E-state index in [4.69, 9.17) is 9.47 Å².